The van der Waals surface area contributed by atoms with Crippen molar-refractivity contribution < 1.29 is 9.90 Å². The Morgan fingerprint density at radius 3 is 2.80 bits per heavy atom. The number of aryl methyl sites for hydroxylation is 1. The van der Waals surface area contributed by atoms with Gasteiger partial charge in [-0.1, -0.05) is 23.8 Å². The molecule has 0 fully saturated rings. The molecule has 0 amide bonds. The summed E-state index contributed by atoms with van der Waals surface area (Å²) in [7, 11) is 0. The highest BCUT2D eigenvalue weighted by atomic mass is 79.9. The number of aromatic carboxylic acids is 1. The van der Waals surface area contributed by atoms with Crippen LogP contribution in [0.5, 0.6) is 0 Å². The zero-order valence-electron chi connectivity index (χ0n) is 10.7. The molecule has 0 aliphatic rings. The molecule has 0 saturated heterocycles. The number of carboxylic acid groups (broad SMARTS) is 1. The highest BCUT2D eigenvalue weighted by Gasteiger charge is 2.13. The molecular formula is C15H11BrN2O2. The van der Waals surface area contributed by atoms with Crippen LogP contribution in [0.4, 0.5) is 0 Å². The molecule has 0 spiro atoms. The summed E-state index contributed by atoms with van der Waals surface area (Å²) >= 11 is 3.39. The summed E-state index contributed by atoms with van der Waals surface area (Å²) in [4.78, 5) is 15.5. The third-order valence-corrected chi connectivity index (χ3v) is 3.71. The molecule has 0 bridgehead atoms. The van der Waals surface area contributed by atoms with Crippen LogP contribution in [0.3, 0.4) is 0 Å². The molecule has 0 unspecified atom stereocenters. The van der Waals surface area contributed by atoms with Gasteiger partial charge >= 0.3 is 5.97 Å². The van der Waals surface area contributed by atoms with Gasteiger partial charge in [0, 0.05) is 11.8 Å². The van der Waals surface area contributed by atoms with Gasteiger partial charge < -0.3 is 5.11 Å². The summed E-state index contributed by atoms with van der Waals surface area (Å²) in [6.45, 7) is 2.02. The van der Waals surface area contributed by atoms with Gasteiger partial charge in [-0.25, -0.2) is 9.78 Å². The van der Waals surface area contributed by atoms with Crippen LogP contribution in [0, 0.1) is 6.92 Å². The number of halogens is 1. The van der Waals surface area contributed by atoms with Gasteiger partial charge in [-0.15, -0.1) is 0 Å². The second kappa shape index (κ2) is 4.76. The molecule has 20 heavy (non-hydrogen) atoms. The van der Waals surface area contributed by atoms with Gasteiger partial charge in [-0.05, 0) is 41.1 Å². The second-order valence-electron chi connectivity index (χ2n) is 4.57. The van der Waals surface area contributed by atoms with Gasteiger partial charge in [0.2, 0.25) is 0 Å². The van der Waals surface area contributed by atoms with Crippen LogP contribution in [0.15, 0.2) is 47.2 Å². The number of hydrogen-bond acceptors (Lipinski definition) is 2. The molecule has 0 radical (unpaired) electrons. The van der Waals surface area contributed by atoms with E-state index in [2.05, 4.69) is 20.9 Å². The van der Waals surface area contributed by atoms with E-state index in [0.717, 1.165) is 22.5 Å². The Morgan fingerprint density at radius 2 is 2.10 bits per heavy atom. The molecule has 3 aromatic rings. The molecule has 2 heterocycles. The Kier molecular flexibility index (Phi) is 3.06. The smallest absolute Gasteiger partial charge is 0.335 e. The lowest BCUT2D eigenvalue weighted by Crippen LogP contribution is -1.98. The molecule has 0 saturated carbocycles. The first-order valence-electron chi connectivity index (χ1n) is 6.04. The maximum Gasteiger partial charge on any atom is 0.335 e. The molecule has 0 aliphatic carbocycles. The summed E-state index contributed by atoms with van der Waals surface area (Å²) in [5, 5.41) is 9.05. The first-order valence-corrected chi connectivity index (χ1v) is 6.83. The van der Waals surface area contributed by atoms with Crippen LogP contribution >= 0.6 is 15.9 Å². The van der Waals surface area contributed by atoms with Gasteiger partial charge in [0.25, 0.3) is 0 Å². The zero-order valence-corrected chi connectivity index (χ0v) is 12.3. The number of carbonyl (C=O) groups is 1. The minimum atomic E-state index is -0.947. The van der Waals surface area contributed by atoms with E-state index in [1.807, 2.05) is 35.6 Å². The highest BCUT2D eigenvalue weighted by molar-refractivity contribution is 9.10. The van der Waals surface area contributed by atoms with Crippen molar-refractivity contribution in [1.82, 2.24) is 9.38 Å². The Morgan fingerprint density at radius 1 is 1.30 bits per heavy atom. The van der Waals surface area contributed by atoms with E-state index in [-0.39, 0.29) is 5.56 Å². The van der Waals surface area contributed by atoms with Crippen molar-refractivity contribution in [3.05, 3.63) is 58.3 Å². The van der Waals surface area contributed by atoms with E-state index >= 15 is 0 Å². The van der Waals surface area contributed by atoms with E-state index in [0.29, 0.717) is 4.60 Å². The van der Waals surface area contributed by atoms with Crippen molar-refractivity contribution in [2.24, 2.45) is 0 Å². The molecule has 5 heteroatoms. The molecule has 0 aliphatic heterocycles. The van der Waals surface area contributed by atoms with Crippen LogP contribution in [0.25, 0.3) is 16.9 Å². The Hall–Kier alpha value is -2.14. The number of carboxylic acids is 1. The van der Waals surface area contributed by atoms with Crippen LogP contribution in [0.2, 0.25) is 0 Å². The number of rotatable bonds is 2. The predicted octanol–water partition coefficient (Wildman–Crippen LogP) is 3.77. The number of nitrogens with zero attached hydrogens (tertiary/aromatic N) is 2. The quantitative estimate of drug-likeness (QED) is 0.778. The fourth-order valence-electron chi connectivity index (χ4n) is 2.17. The van der Waals surface area contributed by atoms with Gasteiger partial charge in [-0.3, -0.25) is 4.40 Å². The topological polar surface area (TPSA) is 54.6 Å². The first kappa shape index (κ1) is 12.9. The van der Waals surface area contributed by atoms with Crippen LogP contribution in [-0.2, 0) is 0 Å². The minimum absolute atomic E-state index is 0.244. The van der Waals surface area contributed by atoms with Crippen molar-refractivity contribution in [3.8, 4) is 11.4 Å². The SMILES string of the molecule is Cc1cccc(-c2nc(Br)c3cc(C(=O)O)ccn23)c1. The van der Waals surface area contributed by atoms with Gasteiger partial charge in [0.05, 0.1) is 11.1 Å². The van der Waals surface area contributed by atoms with Gasteiger partial charge in [-0.2, -0.15) is 0 Å². The number of hydrogen-bond donors (Lipinski definition) is 1. The molecule has 3 rings (SSSR count). The van der Waals surface area contributed by atoms with Crippen molar-refractivity contribution in [1.29, 1.82) is 0 Å². The lowest BCUT2D eigenvalue weighted by Gasteiger charge is -2.03. The van der Waals surface area contributed by atoms with E-state index < -0.39 is 5.97 Å². The number of fused-ring (bicyclic) bond motifs is 1. The molecule has 100 valence electrons. The Bertz CT molecular complexity index is 824. The number of aromatic nitrogens is 2. The van der Waals surface area contributed by atoms with Crippen molar-refractivity contribution in [3.63, 3.8) is 0 Å². The zero-order chi connectivity index (χ0) is 14.3. The summed E-state index contributed by atoms with van der Waals surface area (Å²) in [6.07, 6.45) is 1.73. The highest BCUT2D eigenvalue weighted by Crippen LogP contribution is 2.27. The Balaban J connectivity index is 2.25. The molecule has 4 nitrogen and oxygen atoms in total. The minimum Gasteiger partial charge on any atom is -0.478 e. The Labute approximate surface area is 123 Å². The fraction of sp³-hybridized carbons (Fsp3) is 0.0667. The van der Waals surface area contributed by atoms with E-state index in [1.165, 1.54) is 0 Å². The summed E-state index contributed by atoms with van der Waals surface area (Å²) < 4.78 is 2.52. The summed E-state index contributed by atoms with van der Waals surface area (Å²) in [5.41, 5.74) is 3.13. The van der Waals surface area contributed by atoms with Crippen molar-refractivity contribution in [2.45, 2.75) is 6.92 Å². The number of benzene rings is 1. The molecule has 2 aromatic heterocycles. The van der Waals surface area contributed by atoms with E-state index in [4.69, 9.17) is 5.11 Å². The van der Waals surface area contributed by atoms with Gasteiger partial charge in [0.1, 0.15) is 10.4 Å². The lowest BCUT2D eigenvalue weighted by molar-refractivity contribution is 0.0697. The van der Waals surface area contributed by atoms with E-state index in [1.54, 1.807) is 18.3 Å². The maximum atomic E-state index is 11.0. The molecule has 1 N–H and O–H groups in total. The lowest BCUT2D eigenvalue weighted by atomic mass is 10.1. The average molecular weight is 331 g/mol. The van der Waals surface area contributed by atoms with Crippen LogP contribution in [0.1, 0.15) is 15.9 Å². The molecule has 1 aromatic carbocycles. The third-order valence-electron chi connectivity index (χ3n) is 3.12. The second-order valence-corrected chi connectivity index (χ2v) is 5.32. The molecule has 0 atom stereocenters. The van der Waals surface area contributed by atoms with Gasteiger partial charge in [0.15, 0.2) is 0 Å². The summed E-state index contributed by atoms with van der Waals surface area (Å²) in [6, 6.07) is 11.2. The van der Waals surface area contributed by atoms with Crippen LogP contribution in [-0.4, -0.2) is 20.5 Å². The largest absolute Gasteiger partial charge is 0.478 e. The number of imidazole rings is 1. The monoisotopic (exact) mass is 330 g/mol. The number of pyridine rings is 1. The normalized spacial score (nSPS) is 10.9. The molecular weight excluding hydrogens is 320 g/mol. The maximum absolute atomic E-state index is 11.0. The first-order chi connectivity index (χ1) is 9.56. The van der Waals surface area contributed by atoms with Crippen molar-refractivity contribution >= 4 is 27.4 Å². The average Bonchev–Trinajstić information content (AvgIpc) is 2.76. The van der Waals surface area contributed by atoms with Crippen LogP contribution < -0.4 is 0 Å². The van der Waals surface area contributed by atoms with Crippen molar-refractivity contribution in [2.75, 3.05) is 0 Å². The fourth-order valence-corrected chi connectivity index (χ4v) is 2.64. The van der Waals surface area contributed by atoms with E-state index in [9.17, 15) is 4.79 Å². The summed E-state index contributed by atoms with van der Waals surface area (Å²) in [5.74, 6) is -0.162. The predicted molar refractivity (Wildman–Crippen MR) is 80.0 cm³/mol. The third kappa shape index (κ3) is 2.10. The standard InChI is InChI=1S/C15H11BrN2O2/c1-9-3-2-4-10(7-9)14-17-13(16)12-8-11(15(19)20)5-6-18(12)14/h2-8H,1H3,(H,19,20).